The van der Waals surface area contributed by atoms with Crippen LogP contribution in [0, 0.1) is 27.7 Å². The molecule has 0 aliphatic heterocycles. The van der Waals surface area contributed by atoms with E-state index in [9.17, 15) is 39.0 Å². The molecule has 0 atom stereocenters. The number of aromatic nitrogens is 4. The van der Waals surface area contributed by atoms with Crippen molar-refractivity contribution in [2.24, 2.45) is 0 Å². The van der Waals surface area contributed by atoms with Gasteiger partial charge in [-0.3, -0.25) is 39.1 Å². The lowest BCUT2D eigenvalue weighted by Crippen LogP contribution is -2.17. The molecule has 4 aromatic heterocycles. The molecule has 2 amide bonds. The van der Waals surface area contributed by atoms with Crippen LogP contribution < -0.4 is 10.6 Å². The number of amides is 2. The van der Waals surface area contributed by atoms with Crippen LogP contribution in [-0.4, -0.2) is 78.7 Å². The zero-order valence-electron chi connectivity index (χ0n) is 51.7. The van der Waals surface area contributed by atoms with Gasteiger partial charge in [-0.1, -0.05) is 68.1 Å². The lowest BCUT2D eigenvalue weighted by molar-refractivity contribution is 0.0514. The van der Waals surface area contributed by atoms with Gasteiger partial charge in [-0.25, -0.2) is 9.59 Å². The van der Waals surface area contributed by atoms with E-state index in [4.69, 9.17) is 9.47 Å². The Morgan fingerprint density at radius 3 is 1.13 bits per heavy atom. The second-order valence-corrected chi connectivity index (χ2v) is 23.9. The van der Waals surface area contributed by atoms with E-state index >= 15 is 0 Å². The number of pyridine rings is 4. The van der Waals surface area contributed by atoms with Gasteiger partial charge in [-0.05, 0) is 242 Å². The number of carbonyl (C=O) groups excluding carboxylic acids is 6. The van der Waals surface area contributed by atoms with Crippen LogP contribution in [0.2, 0.25) is 0 Å². The molecule has 468 valence electrons. The average Bonchev–Trinajstić information content (AvgIpc) is 2.08. The number of benzene rings is 4. The van der Waals surface area contributed by atoms with Gasteiger partial charge in [0, 0.05) is 49.0 Å². The Kier molecular flexibility index (Phi) is 20.0. The van der Waals surface area contributed by atoms with Crippen LogP contribution in [0.1, 0.15) is 226 Å². The first-order valence-electron chi connectivity index (χ1n) is 31.2. The van der Waals surface area contributed by atoms with Crippen LogP contribution in [0.3, 0.4) is 0 Å². The van der Waals surface area contributed by atoms with Gasteiger partial charge in [0.1, 0.15) is 22.8 Å². The summed E-state index contributed by atoms with van der Waals surface area (Å²) >= 11 is 0. The first-order valence-corrected chi connectivity index (χ1v) is 31.2. The number of hydrogen-bond acceptors (Lipinski definition) is 14. The van der Waals surface area contributed by atoms with E-state index in [0.717, 1.165) is 140 Å². The van der Waals surface area contributed by atoms with Gasteiger partial charge in [0.2, 0.25) is 0 Å². The van der Waals surface area contributed by atoms with E-state index in [1.807, 2.05) is 113 Å². The highest BCUT2D eigenvalue weighted by atomic mass is 16.5. The van der Waals surface area contributed by atoms with Crippen molar-refractivity contribution in [3.63, 3.8) is 0 Å². The third-order valence-corrected chi connectivity index (χ3v) is 17.7. The molecule has 0 radical (unpaired) electrons. The third-order valence-electron chi connectivity index (χ3n) is 17.7. The summed E-state index contributed by atoms with van der Waals surface area (Å²) in [5.74, 6) is -0.378. The van der Waals surface area contributed by atoms with Gasteiger partial charge in [-0.2, -0.15) is 0 Å². The maximum Gasteiger partial charge on any atom is 0.339 e. The maximum atomic E-state index is 13.5. The molecule has 4 fully saturated rings. The van der Waals surface area contributed by atoms with Crippen LogP contribution in [-0.2, 0) is 35.5 Å². The van der Waals surface area contributed by atoms with Crippen molar-refractivity contribution in [1.82, 2.24) is 19.9 Å². The molecule has 4 aliphatic carbocycles. The summed E-state index contributed by atoms with van der Waals surface area (Å²) in [7, 11) is 0. The minimum absolute atomic E-state index is 0. The van der Waals surface area contributed by atoms with Gasteiger partial charge in [0.25, 0.3) is 11.8 Å². The molecular weight excluding hydrogens is 1140 g/mol. The standard InChI is InChI=1S/C39H39N3O6.C35H35N3O4.CH4/c1-5-47-38(45)31-20-40-34(18-29(31)24-13-14-24)36(43)17-26-9-7-10-27(22(26)3)28-11-8-12-33(23(28)4)42-37(44)35-19-30(25-15-16-25)32(21-41-35)39(46)48-6-2;1-20-24(13-34(41)32-14-29(22-9-10-22)25(18-39)16-36-32)5-3-6-27(20)28-7-4-8-31(21(28)2)38-35(42)33-15-30(23-11-12-23)26(19-40)17-37-33;/h7-12,18-21,24-25H,5-6,13-17H2,1-4H3,(H,42,44);3-8,14-17,22-23,39-40H,9-13,18-19H2,1-2H3,(H,38,42);1H4. The zero-order chi connectivity index (χ0) is 63.3. The zero-order valence-corrected chi connectivity index (χ0v) is 51.7. The molecule has 0 unspecified atom stereocenters. The number of ketones is 2. The quantitative estimate of drug-likeness (QED) is 0.0365. The number of nitrogens with one attached hydrogen (secondary N) is 2. The maximum absolute atomic E-state index is 13.5. The van der Waals surface area contributed by atoms with E-state index < -0.39 is 11.9 Å². The van der Waals surface area contributed by atoms with Crippen molar-refractivity contribution >= 4 is 46.7 Å². The van der Waals surface area contributed by atoms with Gasteiger partial charge in [0.05, 0.1) is 37.6 Å². The highest BCUT2D eigenvalue weighted by Gasteiger charge is 2.33. The Labute approximate surface area is 531 Å². The summed E-state index contributed by atoms with van der Waals surface area (Å²) < 4.78 is 10.4. The molecule has 4 aliphatic rings. The predicted octanol–water partition coefficient (Wildman–Crippen LogP) is 14.4. The number of hydrogen-bond donors (Lipinski definition) is 4. The van der Waals surface area contributed by atoms with E-state index in [1.165, 1.54) is 12.4 Å². The number of ether oxygens (including phenoxy) is 2. The highest BCUT2D eigenvalue weighted by Crippen LogP contribution is 2.45. The van der Waals surface area contributed by atoms with Crippen molar-refractivity contribution in [1.29, 1.82) is 0 Å². The molecule has 4 aromatic carbocycles. The molecule has 8 aromatic rings. The van der Waals surface area contributed by atoms with Crippen molar-refractivity contribution in [2.45, 2.75) is 150 Å². The van der Waals surface area contributed by atoms with Crippen molar-refractivity contribution in [2.75, 3.05) is 23.8 Å². The van der Waals surface area contributed by atoms with E-state index in [2.05, 4.69) is 30.6 Å². The summed E-state index contributed by atoms with van der Waals surface area (Å²) in [6, 6.07) is 30.5. The SMILES string of the molecule is C.CCOC(=O)c1cnc(C(=O)Cc2cccc(-c3cccc(NC(=O)c4cc(C5CC5)c(C(=O)OCC)cn4)c3C)c2C)cc1C1CC1.Cc1c(CC(=O)c2cc(C3CC3)c(CO)cn2)cccc1-c1cccc(NC(=O)c2cc(C3CC3)c(CO)cn2)c1C. The van der Waals surface area contributed by atoms with Crippen LogP contribution in [0.25, 0.3) is 22.3 Å². The van der Waals surface area contributed by atoms with Crippen LogP contribution in [0.5, 0.6) is 0 Å². The van der Waals surface area contributed by atoms with E-state index in [1.54, 1.807) is 38.4 Å². The van der Waals surface area contributed by atoms with Crippen LogP contribution in [0.4, 0.5) is 11.4 Å². The minimum atomic E-state index is -0.423. The largest absolute Gasteiger partial charge is 0.462 e. The molecule has 91 heavy (non-hydrogen) atoms. The number of esters is 2. The fraction of sp³-hybridized carbons (Fsp3) is 0.333. The second kappa shape index (κ2) is 28.2. The number of nitrogens with zero attached hydrogens (tertiary/aromatic N) is 4. The Morgan fingerprint density at radius 1 is 0.429 bits per heavy atom. The fourth-order valence-corrected chi connectivity index (χ4v) is 11.9. The number of aliphatic hydroxyl groups excluding tert-OH is 2. The Balaban J connectivity index is 0.000000199. The second-order valence-electron chi connectivity index (χ2n) is 23.9. The Bertz CT molecular complexity index is 3880. The first-order chi connectivity index (χ1) is 43.6. The van der Waals surface area contributed by atoms with Gasteiger partial charge in [0.15, 0.2) is 11.6 Å². The lowest BCUT2D eigenvalue weighted by atomic mass is 9.90. The van der Waals surface area contributed by atoms with Crippen LogP contribution >= 0.6 is 0 Å². The first kappa shape index (κ1) is 64.6. The molecule has 16 heteroatoms. The average molecular weight is 1220 g/mol. The third kappa shape index (κ3) is 14.6. The monoisotopic (exact) mass is 1220 g/mol. The van der Waals surface area contributed by atoms with Gasteiger partial charge in [-0.15, -0.1) is 0 Å². The summed E-state index contributed by atoms with van der Waals surface area (Å²) in [5.41, 5.74) is 18.2. The van der Waals surface area contributed by atoms with Gasteiger partial charge >= 0.3 is 11.9 Å². The molecular formula is C75H78N6O10. The van der Waals surface area contributed by atoms with Crippen molar-refractivity contribution in [3.05, 3.63) is 223 Å². The van der Waals surface area contributed by atoms with E-state index in [-0.39, 0.29) is 87.6 Å². The van der Waals surface area contributed by atoms with Crippen molar-refractivity contribution < 1.29 is 48.5 Å². The fourth-order valence-electron chi connectivity index (χ4n) is 11.9. The highest BCUT2D eigenvalue weighted by molar-refractivity contribution is 6.06. The number of rotatable bonds is 22. The molecule has 4 saturated carbocycles. The number of carbonyl (C=O) groups is 6. The predicted molar refractivity (Wildman–Crippen MR) is 350 cm³/mol. The topological polar surface area (TPSA) is 237 Å². The number of aliphatic hydroxyl groups is 2. The molecule has 0 spiro atoms. The Hall–Kier alpha value is -9.38. The summed E-state index contributed by atoms with van der Waals surface area (Å²) in [6.45, 7) is 11.9. The molecule has 4 heterocycles. The number of Topliss-reactive ketones (excluding diaryl/α,β-unsaturated/α-hetero) is 2. The number of anilines is 2. The summed E-state index contributed by atoms with van der Waals surface area (Å²) in [4.78, 5) is 95.7. The molecule has 12 rings (SSSR count). The van der Waals surface area contributed by atoms with Gasteiger partial charge < -0.3 is 30.3 Å². The molecule has 16 nitrogen and oxygen atoms in total. The van der Waals surface area contributed by atoms with E-state index in [0.29, 0.717) is 51.4 Å². The van der Waals surface area contributed by atoms with Crippen molar-refractivity contribution in [3.8, 4) is 22.3 Å². The molecule has 0 saturated heterocycles. The summed E-state index contributed by atoms with van der Waals surface area (Å²) in [5, 5.41) is 25.4. The lowest BCUT2D eigenvalue weighted by Gasteiger charge is -2.17. The molecule has 4 N–H and O–H groups in total. The smallest absolute Gasteiger partial charge is 0.339 e. The van der Waals surface area contributed by atoms with Crippen LogP contribution in [0.15, 0.2) is 122 Å². The normalized spacial score (nSPS) is 14.1. The summed E-state index contributed by atoms with van der Waals surface area (Å²) in [6.07, 6.45) is 14.7. The Morgan fingerprint density at radius 2 is 0.747 bits per heavy atom. The minimum Gasteiger partial charge on any atom is -0.462 e. The molecule has 0 bridgehead atoms.